The van der Waals surface area contributed by atoms with E-state index in [0.717, 1.165) is 28.0 Å². The number of rotatable bonds is 2. The number of ether oxygens (including phenoxy) is 1. The third kappa shape index (κ3) is 1.59. The number of benzene rings is 1. The van der Waals surface area contributed by atoms with Gasteiger partial charge in [0.25, 0.3) is 0 Å². The molecule has 4 heteroatoms. The summed E-state index contributed by atoms with van der Waals surface area (Å²) < 4.78 is 5.24. The molecule has 0 radical (unpaired) electrons. The maximum atomic E-state index is 5.39. The highest BCUT2D eigenvalue weighted by atomic mass is 16.5. The Balaban J connectivity index is 2.74. The summed E-state index contributed by atoms with van der Waals surface area (Å²) >= 11 is 0. The standard InChI is InChI=1S/C11H13N3O/c1-7-9(14-12)6-8-4-3-5-10(15-2)11(8)13-7/h3-6,14H,12H2,1-2H3. The van der Waals surface area contributed by atoms with Crippen molar-refractivity contribution in [3.05, 3.63) is 30.0 Å². The first kappa shape index (κ1) is 9.73. The van der Waals surface area contributed by atoms with E-state index in [2.05, 4.69) is 10.4 Å². The van der Waals surface area contributed by atoms with Crippen molar-refractivity contribution in [1.82, 2.24) is 4.98 Å². The van der Waals surface area contributed by atoms with Gasteiger partial charge < -0.3 is 10.2 Å². The van der Waals surface area contributed by atoms with Crippen LogP contribution in [0.4, 0.5) is 5.69 Å². The number of methoxy groups -OCH3 is 1. The lowest BCUT2D eigenvalue weighted by atomic mass is 10.1. The number of aromatic nitrogens is 1. The monoisotopic (exact) mass is 203 g/mol. The molecule has 1 heterocycles. The van der Waals surface area contributed by atoms with Gasteiger partial charge in [0, 0.05) is 5.39 Å². The van der Waals surface area contributed by atoms with E-state index in [9.17, 15) is 0 Å². The Hall–Kier alpha value is -1.81. The van der Waals surface area contributed by atoms with Gasteiger partial charge in [-0.15, -0.1) is 0 Å². The number of para-hydroxylation sites is 1. The number of hydrogen-bond acceptors (Lipinski definition) is 4. The van der Waals surface area contributed by atoms with E-state index in [4.69, 9.17) is 10.6 Å². The van der Waals surface area contributed by atoms with E-state index >= 15 is 0 Å². The van der Waals surface area contributed by atoms with E-state index in [1.165, 1.54) is 0 Å². The third-order valence-corrected chi connectivity index (χ3v) is 2.37. The van der Waals surface area contributed by atoms with Crippen LogP contribution in [0.15, 0.2) is 24.3 Å². The zero-order valence-corrected chi connectivity index (χ0v) is 8.74. The lowest BCUT2D eigenvalue weighted by Crippen LogP contribution is -2.09. The first-order chi connectivity index (χ1) is 7.26. The van der Waals surface area contributed by atoms with Crippen molar-refractivity contribution in [3.8, 4) is 5.75 Å². The molecule has 0 saturated carbocycles. The summed E-state index contributed by atoms with van der Waals surface area (Å²) in [5, 5.41) is 1.01. The molecule has 1 aromatic carbocycles. The van der Waals surface area contributed by atoms with Crippen LogP contribution in [0.5, 0.6) is 5.75 Å². The van der Waals surface area contributed by atoms with Crippen LogP contribution in [0.2, 0.25) is 0 Å². The molecule has 3 N–H and O–H groups in total. The second-order valence-electron chi connectivity index (χ2n) is 3.30. The number of aryl methyl sites for hydroxylation is 1. The highest BCUT2D eigenvalue weighted by Crippen LogP contribution is 2.26. The number of hydrogen-bond donors (Lipinski definition) is 2. The van der Waals surface area contributed by atoms with E-state index in [1.807, 2.05) is 31.2 Å². The number of nitrogen functional groups attached to an aromatic ring is 1. The fourth-order valence-electron chi connectivity index (χ4n) is 1.57. The van der Waals surface area contributed by atoms with E-state index in [-0.39, 0.29) is 0 Å². The van der Waals surface area contributed by atoms with E-state index in [0.29, 0.717) is 0 Å². The lowest BCUT2D eigenvalue weighted by molar-refractivity contribution is 0.419. The van der Waals surface area contributed by atoms with Gasteiger partial charge in [0.2, 0.25) is 0 Å². The summed E-state index contributed by atoms with van der Waals surface area (Å²) in [4.78, 5) is 4.45. The van der Waals surface area contributed by atoms with Crippen molar-refractivity contribution < 1.29 is 4.74 Å². The molecule has 0 amide bonds. The Labute approximate surface area is 88.0 Å². The molecular weight excluding hydrogens is 190 g/mol. The van der Waals surface area contributed by atoms with Crippen LogP contribution in [-0.4, -0.2) is 12.1 Å². The molecule has 15 heavy (non-hydrogen) atoms. The van der Waals surface area contributed by atoms with E-state index in [1.54, 1.807) is 7.11 Å². The first-order valence-corrected chi connectivity index (χ1v) is 4.67. The number of nitrogens with zero attached hydrogens (tertiary/aromatic N) is 1. The molecule has 0 bridgehead atoms. The molecule has 1 aromatic heterocycles. The molecule has 0 saturated heterocycles. The van der Waals surface area contributed by atoms with Gasteiger partial charge in [0.1, 0.15) is 11.3 Å². The van der Waals surface area contributed by atoms with Gasteiger partial charge in [0.15, 0.2) is 0 Å². The molecule has 2 rings (SSSR count). The Bertz CT molecular complexity index is 496. The van der Waals surface area contributed by atoms with Gasteiger partial charge in [-0.2, -0.15) is 0 Å². The Morgan fingerprint density at radius 3 is 2.87 bits per heavy atom. The topological polar surface area (TPSA) is 60.2 Å². The minimum Gasteiger partial charge on any atom is -0.494 e. The number of nitrogens with one attached hydrogen (secondary N) is 1. The molecule has 0 spiro atoms. The molecule has 0 unspecified atom stereocenters. The molecular formula is C11H13N3O. The van der Waals surface area contributed by atoms with Gasteiger partial charge >= 0.3 is 0 Å². The second-order valence-corrected chi connectivity index (χ2v) is 3.30. The number of fused-ring (bicyclic) bond motifs is 1. The Morgan fingerprint density at radius 2 is 2.20 bits per heavy atom. The minimum atomic E-state index is 0.777. The largest absolute Gasteiger partial charge is 0.494 e. The quantitative estimate of drug-likeness (QED) is 0.577. The summed E-state index contributed by atoms with van der Waals surface area (Å²) in [6, 6.07) is 7.76. The van der Waals surface area contributed by atoms with Crippen LogP contribution >= 0.6 is 0 Å². The van der Waals surface area contributed by atoms with Crippen LogP contribution in [0.3, 0.4) is 0 Å². The number of nitrogens with two attached hydrogens (primary N) is 1. The highest BCUT2D eigenvalue weighted by Gasteiger charge is 2.05. The Kier molecular flexibility index (Phi) is 2.43. The summed E-state index contributed by atoms with van der Waals surface area (Å²) in [5.74, 6) is 6.17. The predicted molar refractivity (Wildman–Crippen MR) is 60.8 cm³/mol. The Morgan fingerprint density at radius 1 is 1.40 bits per heavy atom. The van der Waals surface area contributed by atoms with Gasteiger partial charge in [-0.05, 0) is 19.1 Å². The van der Waals surface area contributed by atoms with Crippen molar-refractivity contribution in [2.45, 2.75) is 6.92 Å². The molecule has 0 atom stereocenters. The average molecular weight is 203 g/mol. The summed E-state index contributed by atoms with van der Waals surface area (Å²) in [6.45, 7) is 1.90. The molecule has 0 fully saturated rings. The number of anilines is 1. The van der Waals surface area contributed by atoms with Crippen LogP contribution in [-0.2, 0) is 0 Å². The summed E-state index contributed by atoms with van der Waals surface area (Å²) in [6.07, 6.45) is 0. The SMILES string of the molecule is COc1cccc2cc(NN)c(C)nc12. The molecule has 0 aliphatic heterocycles. The highest BCUT2D eigenvalue weighted by molar-refractivity contribution is 5.87. The number of hydrazine groups is 1. The van der Waals surface area contributed by atoms with Crippen LogP contribution in [0.25, 0.3) is 10.9 Å². The second kappa shape index (κ2) is 3.74. The van der Waals surface area contributed by atoms with Gasteiger partial charge in [0.05, 0.1) is 18.5 Å². The maximum absolute atomic E-state index is 5.39. The van der Waals surface area contributed by atoms with Crippen molar-refractivity contribution in [2.24, 2.45) is 5.84 Å². The van der Waals surface area contributed by atoms with Gasteiger partial charge in [-0.25, -0.2) is 4.98 Å². The third-order valence-electron chi connectivity index (χ3n) is 2.37. The van der Waals surface area contributed by atoms with Crippen molar-refractivity contribution in [3.63, 3.8) is 0 Å². The fourth-order valence-corrected chi connectivity index (χ4v) is 1.57. The van der Waals surface area contributed by atoms with Crippen LogP contribution < -0.4 is 16.0 Å². The maximum Gasteiger partial charge on any atom is 0.145 e. The summed E-state index contributed by atoms with van der Waals surface area (Å²) in [5.41, 5.74) is 5.16. The zero-order valence-electron chi connectivity index (χ0n) is 8.74. The molecule has 0 aliphatic carbocycles. The van der Waals surface area contributed by atoms with Gasteiger partial charge in [-0.3, -0.25) is 5.84 Å². The summed E-state index contributed by atoms with van der Waals surface area (Å²) in [7, 11) is 1.64. The van der Waals surface area contributed by atoms with Crippen molar-refractivity contribution in [2.75, 3.05) is 12.5 Å². The average Bonchev–Trinajstić information content (AvgIpc) is 2.27. The first-order valence-electron chi connectivity index (χ1n) is 4.67. The van der Waals surface area contributed by atoms with Gasteiger partial charge in [-0.1, -0.05) is 12.1 Å². The molecule has 2 aromatic rings. The lowest BCUT2D eigenvalue weighted by Gasteiger charge is -2.08. The van der Waals surface area contributed by atoms with E-state index < -0.39 is 0 Å². The van der Waals surface area contributed by atoms with Crippen LogP contribution in [0.1, 0.15) is 5.69 Å². The molecule has 4 nitrogen and oxygen atoms in total. The molecule has 0 aliphatic rings. The molecule has 78 valence electrons. The van der Waals surface area contributed by atoms with Crippen molar-refractivity contribution in [1.29, 1.82) is 0 Å². The van der Waals surface area contributed by atoms with Crippen molar-refractivity contribution >= 4 is 16.6 Å². The number of pyridine rings is 1. The fraction of sp³-hybridized carbons (Fsp3) is 0.182. The van der Waals surface area contributed by atoms with Crippen LogP contribution in [0, 0.1) is 6.92 Å². The smallest absolute Gasteiger partial charge is 0.145 e. The zero-order chi connectivity index (χ0) is 10.8. The predicted octanol–water partition coefficient (Wildman–Crippen LogP) is 1.84. The minimum absolute atomic E-state index is 0.777. The normalized spacial score (nSPS) is 10.3.